The molecule has 6 rings (SSSR count). The molecule has 0 unspecified atom stereocenters. The molecule has 0 radical (unpaired) electrons. The molecule has 4 aromatic rings. The van der Waals surface area contributed by atoms with Crippen molar-refractivity contribution in [3.63, 3.8) is 0 Å². The first-order valence-corrected chi connectivity index (χ1v) is 19.5. The molecule has 0 spiro atoms. The highest BCUT2D eigenvalue weighted by atomic mass is 16.6. The maximum atomic E-state index is 6.13. The molecule has 0 aromatic heterocycles. The Hall–Kier alpha value is -5.54. The van der Waals surface area contributed by atoms with Gasteiger partial charge in [-0.15, -0.1) is 0 Å². The average molecular weight is 801 g/mol. The van der Waals surface area contributed by atoms with Crippen LogP contribution in [0, 0.1) is 0 Å². The van der Waals surface area contributed by atoms with E-state index in [2.05, 4.69) is 10.2 Å². The van der Waals surface area contributed by atoms with Gasteiger partial charge in [-0.3, -0.25) is 0 Å². The van der Waals surface area contributed by atoms with Crippen LogP contribution in [0.3, 0.4) is 0 Å². The minimum absolute atomic E-state index is 0.311. The summed E-state index contributed by atoms with van der Waals surface area (Å²) in [7, 11) is 0. The van der Waals surface area contributed by atoms with E-state index in [0.717, 1.165) is 11.1 Å². The lowest BCUT2D eigenvalue weighted by Crippen LogP contribution is -2.15. The van der Waals surface area contributed by atoms with E-state index >= 15 is 0 Å². The summed E-state index contributed by atoms with van der Waals surface area (Å²) in [5.74, 6) is 4.94. The highest BCUT2D eigenvalue weighted by molar-refractivity contribution is 6.02. The van der Waals surface area contributed by atoms with Gasteiger partial charge < -0.3 is 56.8 Å². The SMILES string of the molecule is C/C(=N/N=C(/C)c1ccc2c(c1)OCCOCCOc1ccccc1OCCOCCO2)c1ccc2c(c1)OCCOCCOc1ccccc1OCCOCCO2. The van der Waals surface area contributed by atoms with Crippen LogP contribution >= 0.6 is 0 Å². The molecule has 14 heteroatoms. The number of benzene rings is 4. The van der Waals surface area contributed by atoms with E-state index in [-0.39, 0.29) is 0 Å². The van der Waals surface area contributed by atoms with Gasteiger partial charge in [-0.05, 0) is 74.5 Å². The molecule has 0 N–H and O–H groups in total. The van der Waals surface area contributed by atoms with Crippen LogP contribution in [0.15, 0.2) is 95.1 Å². The van der Waals surface area contributed by atoms with E-state index in [9.17, 15) is 0 Å². The van der Waals surface area contributed by atoms with Crippen LogP contribution in [-0.2, 0) is 18.9 Å². The van der Waals surface area contributed by atoms with E-state index in [4.69, 9.17) is 56.8 Å². The zero-order valence-corrected chi connectivity index (χ0v) is 33.2. The van der Waals surface area contributed by atoms with E-state index in [0.29, 0.717) is 163 Å². The Morgan fingerprint density at radius 3 is 0.828 bits per heavy atom. The summed E-state index contributed by atoms with van der Waals surface area (Å²) >= 11 is 0. The van der Waals surface area contributed by atoms with Crippen molar-refractivity contribution in [2.45, 2.75) is 13.8 Å². The minimum atomic E-state index is 0.311. The summed E-state index contributed by atoms with van der Waals surface area (Å²) in [6, 6.07) is 26.4. The van der Waals surface area contributed by atoms with Gasteiger partial charge in [-0.1, -0.05) is 24.3 Å². The molecular formula is C44H52N2O12. The van der Waals surface area contributed by atoms with Crippen LogP contribution in [0.2, 0.25) is 0 Å². The van der Waals surface area contributed by atoms with Crippen molar-refractivity contribution >= 4 is 11.4 Å². The van der Waals surface area contributed by atoms with Crippen molar-refractivity contribution in [3.8, 4) is 46.0 Å². The van der Waals surface area contributed by atoms with Crippen molar-refractivity contribution in [2.75, 3.05) is 106 Å². The number of hydrogen-bond donors (Lipinski definition) is 0. The van der Waals surface area contributed by atoms with E-state index in [1.807, 2.05) is 98.8 Å². The maximum Gasteiger partial charge on any atom is 0.161 e. The molecule has 2 aliphatic rings. The lowest BCUT2D eigenvalue weighted by atomic mass is 10.1. The smallest absolute Gasteiger partial charge is 0.161 e. The normalized spacial score (nSPS) is 17.4. The van der Waals surface area contributed by atoms with Gasteiger partial charge >= 0.3 is 0 Å². The van der Waals surface area contributed by atoms with Gasteiger partial charge in [0, 0.05) is 11.1 Å². The van der Waals surface area contributed by atoms with Crippen LogP contribution in [0.1, 0.15) is 25.0 Å². The number of rotatable bonds is 3. The van der Waals surface area contributed by atoms with Crippen molar-refractivity contribution in [1.29, 1.82) is 0 Å². The van der Waals surface area contributed by atoms with Gasteiger partial charge in [-0.2, -0.15) is 10.2 Å². The Morgan fingerprint density at radius 1 is 0.310 bits per heavy atom. The Balaban J connectivity index is 1.07. The van der Waals surface area contributed by atoms with Gasteiger partial charge in [0.2, 0.25) is 0 Å². The molecule has 310 valence electrons. The number of nitrogens with zero attached hydrogens (tertiary/aromatic N) is 2. The minimum Gasteiger partial charge on any atom is -0.487 e. The molecule has 0 aliphatic carbocycles. The molecule has 0 saturated heterocycles. The summed E-state index contributed by atoms with van der Waals surface area (Å²) in [6.45, 7) is 9.64. The summed E-state index contributed by atoms with van der Waals surface area (Å²) in [5, 5.41) is 9.13. The maximum absolute atomic E-state index is 6.13. The van der Waals surface area contributed by atoms with Crippen LogP contribution in [0.5, 0.6) is 46.0 Å². The number of ether oxygens (including phenoxy) is 12. The fraction of sp³-hybridized carbons (Fsp3) is 0.409. The third-order valence-corrected chi connectivity index (χ3v) is 8.65. The van der Waals surface area contributed by atoms with Gasteiger partial charge in [0.05, 0.1) is 64.3 Å². The van der Waals surface area contributed by atoms with E-state index in [1.54, 1.807) is 0 Å². The molecule has 0 amide bonds. The number of para-hydroxylation sites is 4. The Kier molecular flexibility index (Phi) is 17.1. The first-order chi connectivity index (χ1) is 28.6. The van der Waals surface area contributed by atoms with Crippen molar-refractivity contribution in [1.82, 2.24) is 0 Å². The first-order valence-electron chi connectivity index (χ1n) is 19.5. The van der Waals surface area contributed by atoms with Crippen molar-refractivity contribution in [3.05, 3.63) is 96.1 Å². The topological polar surface area (TPSA) is 135 Å². The summed E-state index contributed by atoms with van der Waals surface area (Å²) in [6.07, 6.45) is 0. The summed E-state index contributed by atoms with van der Waals surface area (Å²) in [5.41, 5.74) is 3.02. The zero-order chi connectivity index (χ0) is 40.0. The van der Waals surface area contributed by atoms with E-state index in [1.165, 1.54) is 0 Å². The molecule has 14 nitrogen and oxygen atoms in total. The monoisotopic (exact) mass is 800 g/mol. The highest BCUT2D eigenvalue weighted by Crippen LogP contribution is 2.31. The van der Waals surface area contributed by atoms with Gasteiger partial charge in [0.25, 0.3) is 0 Å². The summed E-state index contributed by atoms with van der Waals surface area (Å²) < 4.78 is 70.8. The van der Waals surface area contributed by atoms with Crippen LogP contribution < -0.4 is 37.9 Å². The number of hydrogen-bond acceptors (Lipinski definition) is 14. The predicted molar refractivity (Wildman–Crippen MR) is 217 cm³/mol. The Labute approximate surface area is 339 Å². The van der Waals surface area contributed by atoms with Crippen LogP contribution in [0.4, 0.5) is 0 Å². The second kappa shape index (κ2) is 23.6. The lowest BCUT2D eigenvalue weighted by molar-refractivity contribution is 0.0640. The van der Waals surface area contributed by atoms with Gasteiger partial charge in [0.15, 0.2) is 46.0 Å². The average Bonchev–Trinajstić information content (AvgIpc) is 3.25. The predicted octanol–water partition coefficient (Wildman–Crippen LogP) is 6.44. The molecule has 0 atom stereocenters. The molecule has 58 heavy (non-hydrogen) atoms. The molecule has 0 bridgehead atoms. The zero-order valence-electron chi connectivity index (χ0n) is 33.2. The summed E-state index contributed by atoms with van der Waals surface area (Å²) in [4.78, 5) is 0. The fourth-order valence-electron chi connectivity index (χ4n) is 5.67. The molecule has 0 fully saturated rings. The van der Waals surface area contributed by atoms with Crippen LogP contribution in [0.25, 0.3) is 0 Å². The molecule has 0 saturated carbocycles. The largest absolute Gasteiger partial charge is 0.487 e. The molecular weight excluding hydrogens is 748 g/mol. The highest BCUT2D eigenvalue weighted by Gasteiger charge is 2.13. The third-order valence-electron chi connectivity index (χ3n) is 8.65. The Bertz CT molecular complexity index is 1780. The van der Waals surface area contributed by atoms with Gasteiger partial charge in [0.1, 0.15) is 52.9 Å². The molecule has 2 heterocycles. The quantitative estimate of drug-likeness (QED) is 0.167. The van der Waals surface area contributed by atoms with Crippen LogP contribution in [-0.4, -0.2) is 117 Å². The fourth-order valence-corrected chi connectivity index (χ4v) is 5.67. The lowest BCUT2D eigenvalue weighted by Gasteiger charge is -2.16. The van der Waals surface area contributed by atoms with Gasteiger partial charge in [-0.25, -0.2) is 0 Å². The standard InChI is InChI=1S/C44H52N2O12/c1-33(35-11-13-41-43(31-35)57-29-21-49-17-25-53-39-9-5-3-7-37(39)51-23-15-47-19-27-55-41)45-46-34(2)36-12-14-42-44(32-36)58-30-22-50-18-26-54-40-10-6-4-8-38(40)52-24-16-48-20-28-56-42/h3-14,31-32H,15-30H2,1-2H3/b45-33-,46-34-. The first kappa shape index (κ1) is 42.1. The second-order valence-electron chi connectivity index (χ2n) is 12.8. The van der Waals surface area contributed by atoms with Crippen molar-refractivity contribution in [2.24, 2.45) is 10.2 Å². The second-order valence-corrected chi connectivity index (χ2v) is 12.8. The van der Waals surface area contributed by atoms with E-state index < -0.39 is 0 Å². The molecule has 4 aromatic carbocycles. The third kappa shape index (κ3) is 13.5. The molecule has 2 aliphatic heterocycles. The Morgan fingerprint density at radius 2 is 0.552 bits per heavy atom. The number of fused-ring (bicyclic) bond motifs is 4. The van der Waals surface area contributed by atoms with Crippen molar-refractivity contribution < 1.29 is 56.8 Å².